The van der Waals surface area contributed by atoms with E-state index < -0.39 is 11.9 Å². The van der Waals surface area contributed by atoms with Crippen molar-refractivity contribution in [3.63, 3.8) is 0 Å². The number of amides is 2. The summed E-state index contributed by atoms with van der Waals surface area (Å²) in [6.07, 6.45) is 2.03. The molecule has 7 heteroatoms. The van der Waals surface area contributed by atoms with Crippen LogP contribution in [0.3, 0.4) is 0 Å². The van der Waals surface area contributed by atoms with Crippen LogP contribution in [0.1, 0.15) is 39.2 Å². The molecule has 1 unspecified atom stereocenters. The molecule has 2 aromatic carbocycles. The molecule has 1 heterocycles. The molecule has 0 aliphatic carbocycles. The summed E-state index contributed by atoms with van der Waals surface area (Å²) >= 11 is 0. The maximum absolute atomic E-state index is 13.1. The van der Waals surface area contributed by atoms with Crippen LogP contribution in [0.2, 0.25) is 0 Å². The Kier molecular flexibility index (Phi) is 8.35. The van der Waals surface area contributed by atoms with Crippen molar-refractivity contribution in [2.75, 3.05) is 18.6 Å². The van der Waals surface area contributed by atoms with Gasteiger partial charge < -0.3 is 15.0 Å². The van der Waals surface area contributed by atoms with Gasteiger partial charge in [0.1, 0.15) is 24.1 Å². The molecule has 2 amide bonds. The Morgan fingerprint density at radius 2 is 1.85 bits per heavy atom. The Morgan fingerprint density at radius 3 is 2.58 bits per heavy atom. The number of para-hydroxylation sites is 2. The zero-order valence-corrected chi connectivity index (χ0v) is 19.7. The summed E-state index contributed by atoms with van der Waals surface area (Å²) < 4.78 is 5.80. The van der Waals surface area contributed by atoms with Crippen LogP contribution in [-0.4, -0.2) is 42.9 Å². The fourth-order valence-electron chi connectivity index (χ4n) is 3.52. The average molecular weight is 449 g/mol. The molecule has 0 saturated heterocycles. The first-order valence-corrected chi connectivity index (χ1v) is 11.3. The Hall–Kier alpha value is -3.48. The van der Waals surface area contributed by atoms with Crippen LogP contribution in [0.15, 0.2) is 64.8 Å². The minimum absolute atomic E-state index is 0.0544. The van der Waals surface area contributed by atoms with Gasteiger partial charge in [-0.25, -0.2) is 0 Å². The average Bonchev–Trinajstić information content (AvgIpc) is 2.94. The van der Waals surface area contributed by atoms with Crippen LogP contribution in [0.25, 0.3) is 0 Å². The molecule has 0 aromatic heterocycles. The van der Waals surface area contributed by atoms with Gasteiger partial charge in [-0.2, -0.15) is 5.10 Å². The van der Waals surface area contributed by atoms with Gasteiger partial charge in [0.15, 0.2) is 0 Å². The molecule has 1 N–H and O–H groups in total. The summed E-state index contributed by atoms with van der Waals surface area (Å²) in [7, 11) is 1.68. The fourth-order valence-corrected chi connectivity index (χ4v) is 3.52. The van der Waals surface area contributed by atoms with Crippen molar-refractivity contribution in [3.8, 4) is 5.75 Å². The third kappa shape index (κ3) is 6.51. The molecule has 0 spiro atoms. The topological polar surface area (TPSA) is 83.4 Å². The lowest BCUT2D eigenvalue weighted by Crippen LogP contribution is -2.51. The Bertz CT molecular complexity index is 1030. The number of anilines is 1. The van der Waals surface area contributed by atoms with E-state index in [-0.39, 0.29) is 18.4 Å². The van der Waals surface area contributed by atoms with Crippen LogP contribution >= 0.6 is 0 Å². The number of hydrogen-bond acceptors (Lipinski definition) is 5. The van der Waals surface area contributed by atoms with E-state index in [1.807, 2.05) is 61.5 Å². The zero-order chi connectivity index (χ0) is 23.8. The molecule has 2 atom stereocenters. The van der Waals surface area contributed by atoms with E-state index >= 15 is 0 Å². The molecular formula is C26H32N4O3. The lowest BCUT2D eigenvalue weighted by molar-refractivity contribution is -0.124. The number of benzene rings is 2. The molecule has 0 radical (unpaired) electrons. The molecule has 7 nitrogen and oxygen atoms in total. The van der Waals surface area contributed by atoms with Gasteiger partial charge in [-0.15, -0.1) is 5.10 Å². The number of carbonyl (C=O) groups excluding carboxylic acids is 2. The summed E-state index contributed by atoms with van der Waals surface area (Å²) in [6, 6.07) is 16.5. The molecule has 0 fully saturated rings. The number of rotatable bonds is 8. The maximum Gasteiger partial charge on any atom is 0.268 e. The lowest BCUT2D eigenvalue weighted by Gasteiger charge is -2.21. The van der Waals surface area contributed by atoms with E-state index in [9.17, 15) is 9.59 Å². The highest BCUT2D eigenvalue weighted by molar-refractivity contribution is 6.39. The first-order chi connectivity index (χ1) is 15.9. The van der Waals surface area contributed by atoms with Crippen LogP contribution in [0.4, 0.5) is 5.69 Å². The van der Waals surface area contributed by atoms with Gasteiger partial charge in [-0.3, -0.25) is 9.59 Å². The standard InChI is InChI=1S/C26H32N4O3/c1-5-18(2)15-21(29-28-19(3)16-20-11-7-6-8-12-20)25(31)27-22-17-33-24-14-10-9-13-23(24)30(4)26(22)32/h6-14,18,22H,5,15-17H2,1-4H3,(H,27,31)/b28-19+,29-21+/t18?,22-/m0/s1. The number of nitrogens with one attached hydrogen (secondary N) is 1. The van der Waals surface area contributed by atoms with E-state index in [0.29, 0.717) is 30.0 Å². The highest BCUT2D eigenvalue weighted by atomic mass is 16.5. The SMILES string of the molecule is CCC(C)C/C(=N\N=C(/C)Cc1ccccc1)C(=O)N[C@H]1COc2ccccc2N(C)C1=O. The van der Waals surface area contributed by atoms with Gasteiger partial charge in [0, 0.05) is 19.2 Å². The molecular weight excluding hydrogens is 416 g/mol. The highest BCUT2D eigenvalue weighted by Gasteiger charge is 2.31. The smallest absolute Gasteiger partial charge is 0.268 e. The second kappa shape index (κ2) is 11.4. The second-order valence-electron chi connectivity index (χ2n) is 8.46. The van der Waals surface area contributed by atoms with Crippen molar-refractivity contribution in [3.05, 3.63) is 60.2 Å². The first-order valence-electron chi connectivity index (χ1n) is 11.3. The second-order valence-corrected chi connectivity index (χ2v) is 8.46. The number of fused-ring (bicyclic) bond motifs is 1. The van der Waals surface area contributed by atoms with Crippen LogP contribution in [0, 0.1) is 5.92 Å². The predicted molar refractivity (Wildman–Crippen MR) is 132 cm³/mol. The third-order valence-corrected chi connectivity index (χ3v) is 5.71. The monoisotopic (exact) mass is 448 g/mol. The molecule has 1 aliphatic heterocycles. The summed E-state index contributed by atoms with van der Waals surface area (Å²) in [5, 5.41) is 11.5. The Balaban J connectivity index is 1.75. The van der Waals surface area contributed by atoms with Gasteiger partial charge >= 0.3 is 0 Å². The van der Waals surface area contributed by atoms with Crippen molar-refractivity contribution < 1.29 is 14.3 Å². The summed E-state index contributed by atoms with van der Waals surface area (Å²) in [5.74, 6) is 0.236. The van der Waals surface area contributed by atoms with Gasteiger partial charge in [0.25, 0.3) is 11.8 Å². The number of nitrogens with zero attached hydrogens (tertiary/aromatic N) is 3. The number of ether oxygens (including phenoxy) is 1. The number of hydrogen-bond donors (Lipinski definition) is 1. The third-order valence-electron chi connectivity index (χ3n) is 5.71. The van der Waals surface area contributed by atoms with E-state index in [0.717, 1.165) is 17.7 Å². The van der Waals surface area contributed by atoms with Crippen LogP contribution in [0.5, 0.6) is 5.75 Å². The van der Waals surface area contributed by atoms with Crippen LogP contribution in [-0.2, 0) is 16.0 Å². The maximum atomic E-state index is 13.1. The van der Waals surface area contributed by atoms with E-state index in [2.05, 4.69) is 29.4 Å². The van der Waals surface area contributed by atoms with Crippen molar-refractivity contribution in [2.45, 2.75) is 46.1 Å². The molecule has 2 aromatic rings. The predicted octanol–water partition coefficient (Wildman–Crippen LogP) is 4.02. The van der Waals surface area contributed by atoms with Crippen molar-refractivity contribution in [1.82, 2.24) is 5.32 Å². The van der Waals surface area contributed by atoms with Crippen molar-refractivity contribution in [2.24, 2.45) is 16.1 Å². The van der Waals surface area contributed by atoms with Crippen molar-refractivity contribution >= 4 is 28.9 Å². The summed E-state index contributed by atoms with van der Waals surface area (Å²) in [5.41, 5.74) is 2.92. The normalized spacial score (nSPS) is 17.6. The highest BCUT2D eigenvalue weighted by Crippen LogP contribution is 2.29. The Morgan fingerprint density at radius 1 is 1.15 bits per heavy atom. The molecule has 0 bridgehead atoms. The molecule has 0 saturated carbocycles. The van der Waals surface area contributed by atoms with Gasteiger partial charge in [-0.05, 0) is 37.0 Å². The number of likely N-dealkylation sites (N-methyl/N-ethyl adjacent to an activating group) is 1. The molecule has 174 valence electrons. The van der Waals surface area contributed by atoms with E-state index in [1.54, 1.807) is 7.05 Å². The van der Waals surface area contributed by atoms with Gasteiger partial charge in [0.2, 0.25) is 0 Å². The summed E-state index contributed by atoms with van der Waals surface area (Å²) in [4.78, 5) is 27.6. The molecule has 33 heavy (non-hydrogen) atoms. The minimum Gasteiger partial charge on any atom is -0.489 e. The fraction of sp³-hybridized carbons (Fsp3) is 0.385. The first kappa shape index (κ1) is 24.2. The quantitative estimate of drug-likeness (QED) is 0.489. The minimum atomic E-state index is -0.813. The zero-order valence-electron chi connectivity index (χ0n) is 19.7. The van der Waals surface area contributed by atoms with E-state index in [1.165, 1.54) is 4.90 Å². The lowest BCUT2D eigenvalue weighted by atomic mass is 10.0. The van der Waals surface area contributed by atoms with Gasteiger partial charge in [0.05, 0.1) is 5.69 Å². The van der Waals surface area contributed by atoms with Gasteiger partial charge in [-0.1, -0.05) is 62.7 Å². The Labute approximate surface area is 195 Å². The van der Waals surface area contributed by atoms with E-state index in [4.69, 9.17) is 4.74 Å². The molecule has 3 rings (SSSR count). The van der Waals surface area contributed by atoms with Crippen molar-refractivity contribution in [1.29, 1.82) is 0 Å². The summed E-state index contributed by atoms with van der Waals surface area (Å²) in [6.45, 7) is 6.08. The largest absolute Gasteiger partial charge is 0.489 e. The molecule has 1 aliphatic rings. The number of carbonyl (C=O) groups is 2. The van der Waals surface area contributed by atoms with Crippen LogP contribution < -0.4 is 15.0 Å².